The maximum absolute atomic E-state index is 10.7. The van der Waals surface area contributed by atoms with Gasteiger partial charge in [0.2, 0.25) is 0 Å². The van der Waals surface area contributed by atoms with Crippen LogP contribution >= 0.6 is 0 Å². The van der Waals surface area contributed by atoms with Gasteiger partial charge in [-0.3, -0.25) is 9.78 Å². The van der Waals surface area contributed by atoms with E-state index in [1.807, 2.05) is 36.4 Å². The van der Waals surface area contributed by atoms with Crippen molar-refractivity contribution in [2.45, 2.75) is 0 Å². The molecule has 3 heteroatoms. The normalized spacial score (nSPS) is 10.6. The lowest BCUT2D eigenvalue weighted by molar-refractivity contribution is 0.112. The molecule has 0 aliphatic heterocycles. The van der Waals surface area contributed by atoms with Crippen LogP contribution in [0.4, 0.5) is 0 Å². The lowest BCUT2D eigenvalue weighted by Gasteiger charge is -2.00. The Labute approximate surface area is 98.1 Å². The summed E-state index contributed by atoms with van der Waals surface area (Å²) in [5.74, 6) is 0. The van der Waals surface area contributed by atoms with Crippen LogP contribution in [0, 0.1) is 0 Å². The Morgan fingerprint density at radius 2 is 1.82 bits per heavy atom. The molecule has 3 nitrogen and oxygen atoms in total. The predicted octanol–water partition coefficient (Wildman–Crippen LogP) is 3.04. The average Bonchev–Trinajstić information content (AvgIpc) is 2.81. The molecule has 0 saturated heterocycles. The molecule has 82 valence electrons. The SMILES string of the molecule is O=Cc1cc2ccc(-c3ccncc3)cc2[nH]1. The molecule has 3 aromatic rings. The Hall–Kier alpha value is -2.42. The topological polar surface area (TPSA) is 45.8 Å². The summed E-state index contributed by atoms with van der Waals surface area (Å²) in [5, 5.41) is 1.05. The number of carbonyl (C=O) groups is 1. The highest BCUT2D eigenvalue weighted by Crippen LogP contribution is 2.23. The van der Waals surface area contributed by atoms with Crippen molar-refractivity contribution in [1.29, 1.82) is 0 Å². The van der Waals surface area contributed by atoms with Crippen molar-refractivity contribution in [1.82, 2.24) is 9.97 Å². The van der Waals surface area contributed by atoms with Gasteiger partial charge in [0.15, 0.2) is 6.29 Å². The molecule has 0 unspecified atom stereocenters. The van der Waals surface area contributed by atoms with Gasteiger partial charge in [-0.2, -0.15) is 0 Å². The highest BCUT2D eigenvalue weighted by molar-refractivity contribution is 5.90. The summed E-state index contributed by atoms with van der Waals surface area (Å²) in [6.07, 6.45) is 4.36. The van der Waals surface area contributed by atoms with Crippen molar-refractivity contribution in [2.75, 3.05) is 0 Å². The molecule has 1 aromatic carbocycles. The maximum atomic E-state index is 10.7. The minimum Gasteiger partial charge on any atom is -0.352 e. The fourth-order valence-electron chi connectivity index (χ4n) is 1.94. The number of aldehydes is 1. The number of aromatic amines is 1. The van der Waals surface area contributed by atoms with Crippen LogP contribution in [0.25, 0.3) is 22.0 Å². The first-order valence-electron chi connectivity index (χ1n) is 5.35. The van der Waals surface area contributed by atoms with E-state index in [9.17, 15) is 4.79 Å². The van der Waals surface area contributed by atoms with E-state index >= 15 is 0 Å². The summed E-state index contributed by atoms with van der Waals surface area (Å²) >= 11 is 0. The zero-order valence-corrected chi connectivity index (χ0v) is 9.05. The van der Waals surface area contributed by atoms with E-state index in [2.05, 4.69) is 9.97 Å². The van der Waals surface area contributed by atoms with Gasteiger partial charge in [-0.05, 0) is 35.4 Å². The van der Waals surface area contributed by atoms with E-state index in [0.29, 0.717) is 5.69 Å². The fraction of sp³-hybridized carbons (Fsp3) is 0. The van der Waals surface area contributed by atoms with Crippen molar-refractivity contribution in [2.24, 2.45) is 0 Å². The third-order valence-electron chi connectivity index (χ3n) is 2.78. The van der Waals surface area contributed by atoms with Gasteiger partial charge in [-0.15, -0.1) is 0 Å². The molecule has 0 radical (unpaired) electrons. The van der Waals surface area contributed by atoms with Crippen LogP contribution in [-0.2, 0) is 0 Å². The van der Waals surface area contributed by atoms with Crippen LogP contribution in [0.1, 0.15) is 10.5 Å². The molecule has 0 saturated carbocycles. The molecule has 0 aliphatic carbocycles. The number of hydrogen-bond donors (Lipinski definition) is 1. The zero-order valence-electron chi connectivity index (χ0n) is 9.05. The number of pyridine rings is 1. The summed E-state index contributed by atoms with van der Waals surface area (Å²) < 4.78 is 0. The highest BCUT2D eigenvalue weighted by Gasteiger charge is 2.02. The molecule has 0 bridgehead atoms. The van der Waals surface area contributed by atoms with Crippen molar-refractivity contribution in [3.8, 4) is 11.1 Å². The number of H-pyrrole nitrogens is 1. The number of aromatic nitrogens is 2. The van der Waals surface area contributed by atoms with Crippen LogP contribution in [-0.4, -0.2) is 16.3 Å². The number of hydrogen-bond acceptors (Lipinski definition) is 2. The van der Waals surface area contributed by atoms with E-state index in [0.717, 1.165) is 28.3 Å². The quantitative estimate of drug-likeness (QED) is 0.677. The minimum atomic E-state index is 0.604. The summed E-state index contributed by atoms with van der Waals surface area (Å²) in [4.78, 5) is 17.8. The number of nitrogens with one attached hydrogen (secondary N) is 1. The van der Waals surface area contributed by atoms with E-state index in [4.69, 9.17) is 0 Å². The number of benzene rings is 1. The van der Waals surface area contributed by atoms with Gasteiger partial charge >= 0.3 is 0 Å². The van der Waals surface area contributed by atoms with E-state index in [1.54, 1.807) is 12.4 Å². The number of fused-ring (bicyclic) bond motifs is 1. The zero-order chi connectivity index (χ0) is 11.7. The second-order valence-corrected chi connectivity index (χ2v) is 3.88. The summed E-state index contributed by atoms with van der Waals surface area (Å²) in [6.45, 7) is 0. The highest BCUT2D eigenvalue weighted by atomic mass is 16.1. The van der Waals surface area contributed by atoms with E-state index in [-0.39, 0.29) is 0 Å². The van der Waals surface area contributed by atoms with Crippen LogP contribution in [0.3, 0.4) is 0 Å². The molecular formula is C14H10N2O. The maximum Gasteiger partial charge on any atom is 0.166 e. The number of carbonyl (C=O) groups excluding carboxylic acids is 1. The molecule has 0 atom stereocenters. The largest absolute Gasteiger partial charge is 0.352 e. The van der Waals surface area contributed by atoms with Gasteiger partial charge in [0.05, 0.1) is 5.69 Å². The smallest absolute Gasteiger partial charge is 0.166 e. The molecule has 0 aliphatic rings. The Morgan fingerprint density at radius 1 is 1.00 bits per heavy atom. The Bertz CT molecular complexity index is 671. The Morgan fingerprint density at radius 3 is 2.59 bits per heavy atom. The van der Waals surface area contributed by atoms with E-state index < -0.39 is 0 Å². The third-order valence-corrected chi connectivity index (χ3v) is 2.78. The first kappa shape index (κ1) is 9.78. The third kappa shape index (κ3) is 1.72. The standard InChI is InChI=1S/C14H10N2O/c17-9-13-7-12-2-1-11(8-14(12)16-13)10-3-5-15-6-4-10/h1-9,16H. The second-order valence-electron chi connectivity index (χ2n) is 3.88. The van der Waals surface area contributed by atoms with Crippen molar-refractivity contribution >= 4 is 17.2 Å². The van der Waals surface area contributed by atoms with Crippen molar-refractivity contribution in [3.05, 3.63) is 54.5 Å². The van der Waals surface area contributed by atoms with Crippen LogP contribution in [0.15, 0.2) is 48.8 Å². The lowest BCUT2D eigenvalue weighted by atomic mass is 10.1. The summed E-state index contributed by atoms with van der Waals surface area (Å²) in [6, 6.07) is 11.9. The molecule has 2 heterocycles. The van der Waals surface area contributed by atoms with E-state index in [1.165, 1.54) is 0 Å². The molecular weight excluding hydrogens is 212 g/mol. The molecule has 17 heavy (non-hydrogen) atoms. The Kier molecular flexibility index (Phi) is 2.22. The minimum absolute atomic E-state index is 0.604. The molecule has 1 N–H and O–H groups in total. The van der Waals surface area contributed by atoms with Crippen LogP contribution in [0.2, 0.25) is 0 Å². The molecule has 0 amide bonds. The van der Waals surface area contributed by atoms with Gasteiger partial charge in [-0.1, -0.05) is 12.1 Å². The summed E-state index contributed by atoms with van der Waals surface area (Å²) in [5.41, 5.74) is 3.80. The van der Waals surface area contributed by atoms with Crippen LogP contribution < -0.4 is 0 Å². The van der Waals surface area contributed by atoms with Gasteiger partial charge in [0.25, 0.3) is 0 Å². The molecule has 2 aromatic heterocycles. The Balaban J connectivity index is 2.16. The first-order valence-corrected chi connectivity index (χ1v) is 5.35. The fourth-order valence-corrected chi connectivity index (χ4v) is 1.94. The van der Waals surface area contributed by atoms with Crippen molar-refractivity contribution in [3.63, 3.8) is 0 Å². The first-order chi connectivity index (χ1) is 8.36. The monoisotopic (exact) mass is 222 g/mol. The number of rotatable bonds is 2. The second kappa shape index (κ2) is 3.87. The number of nitrogens with zero attached hydrogens (tertiary/aromatic N) is 1. The van der Waals surface area contributed by atoms with Gasteiger partial charge < -0.3 is 4.98 Å². The van der Waals surface area contributed by atoms with Gasteiger partial charge in [0.1, 0.15) is 0 Å². The average molecular weight is 222 g/mol. The summed E-state index contributed by atoms with van der Waals surface area (Å²) in [7, 11) is 0. The predicted molar refractivity (Wildman–Crippen MR) is 66.9 cm³/mol. The van der Waals surface area contributed by atoms with Crippen LogP contribution in [0.5, 0.6) is 0 Å². The van der Waals surface area contributed by atoms with Crippen molar-refractivity contribution < 1.29 is 4.79 Å². The molecule has 0 spiro atoms. The molecule has 3 rings (SSSR count). The lowest BCUT2D eigenvalue weighted by Crippen LogP contribution is -1.79. The molecule has 0 fully saturated rings. The van der Waals surface area contributed by atoms with Gasteiger partial charge in [-0.25, -0.2) is 0 Å². The van der Waals surface area contributed by atoms with Gasteiger partial charge in [0, 0.05) is 23.3 Å².